The lowest BCUT2D eigenvalue weighted by Crippen LogP contribution is -2.35. The Morgan fingerprint density at radius 1 is 1.41 bits per heavy atom. The molecule has 0 spiro atoms. The number of carboxylic acid groups (broad SMARTS) is 1. The van der Waals surface area contributed by atoms with Gasteiger partial charge in [-0.15, -0.1) is 0 Å². The van der Waals surface area contributed by atoms with Crippen molar-refractivity contribution in [2.45, 2.75) is 53.0 Å². The second-order valence-corrected chi connectivity index (χ2v) is 6.43. The zero-order valence-corrected chi connectivity index (χ0v) is 13.8. The fourth-order valence-corrected chi connectivity index (χ4v) is 3.07. The van der Waals surface area contributed by atoms with E-state index in [0.717, 1.165) is 18.5 Å². The number of carboxylic acids is 1. The minimum absolute atomic E-state index is 0.169. The zero-order valence-electron chi connectivity index (χ0n) is 13.8. The van der Waals surface area contributed by atoms with Crippen LogP contribution in [0.5, 0.6) is 0 Å². The summed E-state index contributed by atoms with van der Waals surface area (Å²) in [5.74, 6) is -1.01. The molecule has 22 heavy (non-hydrogen) atoms. The molecule has 2 rings (SSSR count). The van der Waals surface area contributed by atoms with Crippen LogP contribution in [-0.4, -0.2) is 44.8 Å². The highest BCUT2D eigenvalue weighted by Crippen LogP contribution is 2.31. The van der Waals surface area contributed by atoms with Gasteiger partial charge in [0.1, 0.15) is 0 Å². The normalized spacial score (nSPS) is 21.6. The number of aliphatic carboxylic acids is 1. The molecule has 1 aromatic heterocycles. The van der Waals surface area contributed by atoms with E-state index in [-0.39, 0.29) is 12.5 Å². The van der Waals surface area contributed by atoms with Crippen LogP contribution in [0.1, 0.15) is 62.3 Å². The Morgan fingerprint density at radius 2 is 2.05 bits per heavy atom. The van der Waals surface area contributed by atoms with Gasteiger partial charge in [-0.2, -0.15) is 5.10 Å². The van der Waals surface area contributed by atoms with E-state index in [4.69, 9.17) is 0 Å². The first-order valence-electron chi connectivity index (χ1n) is 7.91. The first-order valence-corrected chi connectivity index (χ1v) is 7.91. The topological polar surface area (TPSA) is 75.4 Å². The summed E-state index contributed by atoms with van der Waals surface area (Å²) in [5, 5.41) is 13.7. The van der Waals surface area contributed by atoms with Gasteiger partial charge in [0.05, 0.1) is 11.5 Å². The van der Waals surface area contributed by atoms with Gasteiger partial charge in [0.2, 0.25) is 0 Å². The van der Waals surface area contributed by atoms with Crippen LogP contribution in [0, 0.1) is 12.3 Å². The maximum Gasteiger partial charge on any atom is 0.311 e. The van der Waals surface area contributed by atoms with E-state index >= 15 is 0 Å². The van der Waals surface area contributed by atoms with Gasteiger partial charge < -0.3 is 10.0 Å². The number of hydrogen-bond donors (Lipinski definition) is 1. The second-order valence-electron chi connectivity index (χ2n) is 6.43. The van der Waals surface area contributed by atoms with E-state index in [1.807, 2.05) is 11.6 Å². The quantitative estimate of drug-likeness (QED) is 0.907. The van der Waals surface area contributed by atoms with Gasteiger partial charge in [-0.1, -0.05) is 13.8 Å². The molecule has 6 nitrogen and oxygen atoms in total. The molecule has 6 heteroatoms. The number of rotatable bonds is 5. The van der Waals surface area contributed by atoms with Crippen molar-refractivity contribution in [3.8, 4) is 0 Å². The first-order chi connectivity index (χ1) is 10.3. The maximum atomic E-state index is 12.6. The molecule has 0 bridgehead atoms. The molecule has 1 aromatic rings. The largest absolute Gasteiger partial charge is 0.481 e. The van der Waals surface area contributed by atoms with Crippen LogP contribution >= 0.6 is 0 Å². The molecule has 122 valence electrons. The third-order valence-electron chi connectivity index (χ3n) is 4.71. The molecule has 0 saturated carbocycles. The van der Waals surface area contributed by atoms with E-state index in [1.165, 1.54) is 0 Å². The predicted octanol–water partition coefficient (Wildman–Crippen LogP) is 2.49. The fourth-order valence-electron chi connectivity index (χ4n) is 3.07. The van der Waals surface area contributed by atoms with Gasteiger partial charge in [0.25, 0.3) is 5.91 Å². The molecule has 1 atom stereocenters. The summed E-state index contributed by atoms with van der Waals surface area (Å²) in [7, 11) is 0. The summed E-state index contributed by atoms with van der Waals surface area (Å²) >= 11 is 0. The van der Waals surface area contributed by atoms with Crippen LogP contribution in [0.25, 0.3) is 0 Å². The lowest BCUT2D eigenvalue weighted by molar-refractivity contribution is -0.147. The highest BCUT2D eigenvalue weighted by atomic mass is 16.4. The van der Waals surface area contributed by atoms with Crippen LogP contribution in [-0.2, 0) is 4.79 Å². The molecule has 1 N–H and O–H groups in total. The average Bonchev–Trinajstić information content (AvgIpc) is 3.05. The number of carbonyl (C=O) groups excluding carboxylic acids is 1. The molecule has 0 aromatic carbocycles. The van der Waals surface area contributed by atoms with Crippen molar-refractivity contribution in [3.63, 3.8) is 0 Å². The number of likely N-dealkylation sites (tertiary alicyclic amines) is 1. The number of hydrogen-bond acceptors (Lipinski definition) is 3. The number of carbonyl (C=O) groups is 2. The summed E-state index contributed by atoms with van der Waals surface area (Å²) in [6.45, 7) is 8.58. The maximum absolute atomic E-state index is 12.6. The van der Waals surface area contributed by atoms with Gasteiger partial charge in [-0.3, -0.25) is 14.3 Å². The van der Waals surface area contributed by atoms with Crippen LogP contribution in [0.2, 0.25) is 0 Å². The van der Waals surface area contributed by atoms with Crippen molar-refractivity contribution >= 4 is 11.9 Å². The molecular formula is C16H25N3O3. The molecule has 1 saturated heterocycles. The molecule has 2 heterocycles. The summed E-state index contributed by atoms with van der Waals surface area (Å²) < 4.78 is 1.92. The Morgan fingerprint density at radius 3 is 2.55 bits per heavy atom. The Balaban J connectivity index is 2.18. The molecule has 1 unspecified atom stereocenters. The van der Waals surface area contributed by atoms with Crippen molar-refractivity contribution in [2.75, 3.05) is 13.1 Å². The van der Waals surface area contributed by atoms with Crippen molar-refractivity contribution in [3.05, 3.63) is 17.5 Å². The Hall–Kier alpha value is -1.85. The third kappa shape index (κ3) is 2.87. The van der Waals surface area contributed by atoms with Crippen molar-refractivity contribution in [2.24, 2.45) is 5.41 Å². The number of amides is 1. The van der Waals surface area contributed by atoms with Crippen LogP contribution in [0.15, 0.2) is 6.07 Å². The summed E-state index contributed by atoms with van der Waals surface area (Å²) in [5.41, 5.74) is 0.541. The summed E-state index contributed by atoms with van der Waals surface area (Å²) in [4.78, 5) is 25.5. The van der Waals surface area contributed by atoms with Crippen molar-refractivity contribution < 1.29 is 14.7 Å². The SMILES string of the molecule is CCC(CC)n1nc(C(=O)N2CCC(C)(C(=O)O)C2)cc1C. The van der Waals surface area contributed by atoms with Crippen molar-refractivity contribution in [1.29, 1.82) is 0 Å². The number of nitrogens with zero attached hydrogens (tertiary/aromatic N) is 3. The van der Waals surface area contributed by atoms with Gasteiger partial charge in [0, 0.05) is 18.8 Å². The van der Waals surface area contributed by atoms with E-state index in [9.17, 15) is 14.7 Å². The molecule has 1 fully saturated rings. The number of aryl methyl sites for hydroxylation is 1. The van der Waals surface area contributed by atoms with Gasteiger partial charge in [-0.25, -0.2) is 0 Å². The highest BCUT2D eigenvalue weighted by Gasteiger charge is 2.42. The van der Waals surface area contributed by atoms with Crippen LogP contribution in [0.3, 0.4) is 0 Å². The minimum Gasteiger partial charge on any atom is -0.481 e. The van der Waals surface area contributed by atoms with Gasteiger partial charge in [-0.05, 0) is 39.2 Å². The minimum atomic E-state index is -0.846. The highest BCUT2D eigenvalue weighted by molar-refractivity contribution is 5.93. The molecule has 0 aliphatic carbocycles. The van der Waals surface area contributed by atoms with E-state index in [1.54, 1.807) is 17.9 Å². The van der Waals surface area contributed by atoms with E-state index < -0.39 is 11.4 Å². The Kier molecular flexibility index (Phi) is 4.58. The van der Waals surface area contributed by atoms with Crippen LogP contribution in [0.4, 0.5) is 0 Å². The fraction of sp³-hybridized carbons (Fsp3) is 0.688. The average molecular weight is 307 g/mol. The Bertz CT molecular complexity index is 577. The van der Waals surface area contributed by atoms with Gasteiger partial charge in [0.15, 0.2) is 5.69 Å². The van der Waals surface area contributed by atoms with Crippen molar-refractivity contribution in [1.82, 2.24) is 14.7 Å². The zero-order chi connectivity index (χ0) is 16.5. The van der Waals surface area contributed by atoms with Crippen LogP contribution < -0.4 is 0 Å². The Labute approximate surface area is 131 Å². The lowest BCUT2D eigenvalue weighted by Gasteiger charge is -2.19. The summed E-state index contributed by atoms with van der Waals surface area (Å²) in [6, 6.07) is 2.10. The molecule has 1 aliphatic heterocycles. The van der Waals surface area contributed by atoms with E-state index in [0.29, 0.717) is 24.7 Å². The lowest BCUT2D eigenvalue weighted by atomic mass is 9.90. The van der Waals surface area contributed by atoms with E-state index in [2.05, 4.69) is 18.9 Å². The first kappa shape index (κ1) is 16.5. The molecule has 0 radical (unpaired) electrons. The molecule has 1 aliphatic rings. The standard InChI is InChI=1S/C16H25N3O3/c1-5-12(6-2)19-11(3)9-13(17-19)14(20)18-8-7-16(4,10-18)15(21)22/h9,12H,5-8,10H2,1-4H3,(H,21,22). The second kappa shape index (κ2) is 6.10. The predicted molar refractivity (Wildman–Crippen MR) is 82.8 cm³/mol. The monoisotopic (exact) mass is 307 g/mol. The third-order valence-corrected chi connectivity index (χ3v) is 4.71. The molecular weight excluding hydrogens is 282 g/mol. The summed E-state index contributed by atoms with van der Waals surface area (Å²) in [6.07, 6.45) is 2.42. The van der Waals surface area contributed by atoms with Gasteiger partial charge >= 0.3 is 5.97 Å². The molecule has 1 amide bonds. The smallest absolute Gasteiger partial charge is 0.311 e. The number of aromatic nitrogens is 2.